The Morgan fingerprint density at radius 1 is 1.29 bits per heavy atom. The Morgan fingerprint density at radius 2 is 1.96 bits per heavy atom. The number of aliphatic hydroxyl groups excluding tert-OH is 1. The summed E-state index contributed by atoms with van der Waals surface area (Å²) in [5, 5.41) is 15.1. The summed E-state index contributed by atoms with van der Waals surface area (Å²) in [4.78, 5) is 8.23. The molecule has 2 N–H and O–H groups in total. The Balaban J connectivity index is 0.000000640. The van der Waals surface area contributed by atoms with Gasteiger partial charge in [-0.25, -0.2) is 4.98 Å². The van der Waals surface area contributed by atoms with Gasteiger partial charge in [0.2, 0.25) is 0 Å². The Morgan fingerprint density at radius 3 is 2.57 bits per heavy atom. The maximum Gasteiger partial charge on any atom is 0.573 e. The first-order chi connectivity index (χ1) is 13.0. The van der Waals surface area contributed by atoms with E-state index < -0.39 is 12.1 Å². The van der Waals surface area contributed by atoms with Gasteiger partial charge >= 0.3 is 6.36 Å². The zero-order valence-corrected chi connectivity index (χ0v) is 16.1. The van der Waals surface area contributed by atoms with E-state index in [2.05, 4.69) is 25.1 Å². The van der Waals surface area contributed by atoms with E-state index in [0.717, 1.165) is 5.69 Å². The minimum Gasteiger partial charge on any atom is -0.404 e. The molecule has 28 heavy (non-hydrogen) atoms. The minimum absolute atomic E-state index is 0.122. The second kappa shape index (κ2) is 9.07. The van der Waals surface area contributed by atoms with Crippen molar-refractivity contribution in [3.05, 3.63) is 46.9 Å². The molecule has 0 amide bonds. The second-order valence-electron chi connectivity index (χ2n) is 6.01. The van der Waals surface area contributed by atoms with Crippen molar-refractivity contribution in [1.29, 1.82) is 0 Å². The number of halogens is 4. The van der Waals surface area contributed by atoms with Gasteiger partial charge in [0.15, 0.2) is 0 Å². The fourth-order valence-electron chi connectivity index (χ4n) is 2.11. The number of aryl methyl sites for hydroxylation is 1. The summed E-state index contributed by atoms with van der Waals surface area (Å²) in [7, 11) is 0. The number of alkyl halides is 3. The number of nitrogens with one attached hydrogen (secondary N) is 1. The van der Waals surface area contributed by atoms with Gasteiger partial charge in [-0.3, -0.25) is 0 Å². The van der Waals surface area contributed by atoms with Crippen molar-refractivity contribution in [1.82, 2.24) is 19.6 Å². The molecule has 0 unspecified atom stereocenters. The first-order valence-corrected chi connectivity index (χ1v) is 8.56. The molecule has 2 aromatic heterocycles. The zero-order chi connectivity index (χ0) is 20.9. The molecule has 3 aromatic rings. The summed E-state index contributed by atoms with van der Waals surface area (Å²) >= 11 is 5.83. The third-order valence-electron chi connectivity index (χ3n) is 3.08. The smallest absolute Gasteiger partial charge is 0.404 e. The summed E-state index contributed by atoms with van der Waals surface area (Å²) in [5.74, 6) is 0.664. The summed E-state index contributed by atoms with van der Waals surface area (Å²) in [6, 6.07) is 5.86. The van der Waals surface area contributed by atoms with Gasteiger partial charge in [0, 0.05) is 24.4 Å². The van der Waals surface area contributed by atoms with Crippen molar-refractivity contribution < 1.29 is 23.0 Å². The van der Waals surface area contributed by atoms with E-state index in [1.165, 1.54) is 29.0 Å². The predicted octanol–water partition coefficient (Wildman–Crippen LogP) is 3.98. The number of fused-ring (bicyclic) bond motifs is 1. The van der Waals surface area contributed by atoms with Crippen LogP contribution in [0.3, 0.4) is 0 Å². The number of aliphatic hydroxyl groups is 1. The van der Waals surface area contributed by atoms with Crippen molar-refractivity contribution in [2.75, 3.05) is 5.32 Å². The monoisotopic (exact) mass is 417 g/mol. The van der Waals surface area contributed by atoms with Crippen LogP contribution in [-0.4, -0.2) is 37.2 Å². The molecular weight excluding hydrogens is 399 g/mol. The number of anilines is 1. The van der Waals surface area contributed by atoms with Crippen LogP contribution in [0.1, 0.15) is 25.1 Å². The highest BCUT2D eigenvalue weighted by Crippen LogP contribution is 2.30. The fourth-order valence-corrected chi connectivity index (χ4v) is 2.35. The molecule has 0 spiro atoms. The van der Waals surface area contributed by atoms with E-state index in [-0.39, 0.29) is 11.1 Å². The lowest BCUT2D eigenvalue weighted by atomic mass is 10.2. The normalized spacial score (nSPS) is 11.3. The van der Waals surface area contributed by atoms with Crippen LogP contribution in [0.15, 0.2) is 30.6 Å². The average molecular weight is 418 g/mol. The van der Waals surface area contributed by atoms with Crippen LogP contribution >= 0.6 is 11.6 Å². The van der Waals surface area contributed by atoms with Crippen LogP contribution in [-0.2, 0) is 6.54 Å². The Labute approximate surface area is 164 Å². The van der Waals surface area contributed by atoms with Gasteiger partial charge in [0.05, 0.1) is 5.02 Å². The van der Waals surface area contributed by atoms with Gasteiger partial charge in [-0.1, -0.05) is 17.7 Å². The Bertz CT molecular complexity index is 928. The molecule has 0 radical (unpaired) electrons. The van der Waals surface area contributed by atoms with Crippen molar-refractivity contribution in [3.63, 3.8) is 0 Å². The van der Waals surface area contributed by atoms with Crippen LogP contribution < -0.4 is 10.1 Å². The maximum atomic E-state index is 12.2. The molecule has 152 valence electrons. The van der Waals surface area contributed by atoms with Crippen molar-refractivity contribution >= 4 is 23.2 Å². The number of ether oxygens (including phenoxy) is 1. The first-order valence-electron chi connectivity index (χ1n) is 8.18. The molecule has 0 atom stereocenters. The van der Waals surface area contributed by atoms with Gasteiger partial charge in [-0.2, -0.15) is 14.6 Å². The number of benzene rings is 1. The molecule has 0 fully saturated rings. The van der Waals surface area contributed by atoms with E-state index in [0.29, 0.717) is 23.7 Å². The lowest BCUT2D eigenvalue weighted by Crippen LogP contribution is -2.17. The van der Waals surface area contributed by atoms with Crippen LogP contribution in [0.5, 0.6) is 5.75 Å². The molecule has 0 aliphatic rings. The number of nitrogens with zero attached hydrogens (tertiary/aromatic N) is 4. The van der Waals surface area contributed by atoms with Crippen LogP contribution in [0, 0.1) is 6.92 Å². The second-order valence-corrected chi connectivity index (χ2v) is 6.42. The van der Waals surface area contributed by atoms with E-state index in [9.17, 15) is 13.2 Å². The molecule has 11 heteroatoms. The SMILES string of the molecule is CC(C)O.Cc1cc(NCc2ccc(OC(F)(F)F)c(Cl)c2)n2ncnc2n1. The van der Waals surface area contributed by atoms with E-state index in [4.69, 9.17) is 16.7 Å². The molecular formula is C17H19ClF3N5O2. The highest BCUT2D eigenvalue weighted by molar-refractivity contribution is 6.32. The van der Waals surface area contributed by atoms with Gasteiger partial charge in [-0.05, 0) is 38.5 Å². The highest BCUT2D eigenvalue weighted by atomic mass is 35.5. The van der Waals surface area contributed by atoms with Crippen molar-refractivity contribution in [2.24, 2.45) is 0 Å². The number of aromatic nitrogens is 4. The third kappa shape index (κ3) is 6.54. The van der Waals surface area contributed by atoms with Crippen LogP contribution in [0.2, 0.25) is 5.02 Å². The van der Waals surface area contributed by atoms with Crippen LogP contribution in [0.4, 0.5) is 19.0 Å². The zero-order valence-electron chi connectivity index (χ0n) is 15.3. The quantitative estimate of drug-likeness (QED) is 0.668. The molecule has 0 aliphatic heterocycles. The van der Waals surface area contributed by atoms with E-state index in [1.807, 2.05) is 6.92 Å². The number of hydrogen-bond acceptors (Lipinski definition) is 6. The highest BCUT2D eigenvalue weighted by Gasteiger charge is 2.32. The topological polar surface area (TPSA) is 84.6 Å². The lowest BCUT2D eigenvalue weighted by Gasteiger charge is -2.12. The lowest BCUT2D eigenvalue weighted by molar-refractivity contribution is -0.274. The number of hydrogen-bond donors (Lipinski definition) is 2. The standard InChI is InChI=1S/C14H11ClF3N5O.C3H8O/c1-8-4-12(23-13(22-8)20-7-21-23)19-6-9-2-3-11(10(15)5-9)24-14(16,17)18;1-3(2)4/h2-5,7,19H,6H2,1H3;3-4H,1-2H3. The molecule has 0 saturated carbocycles. The van der Waals surface area contributed by atoms with Crippen LogP contribution in [0.25, 0.3) is 5.78 Å². The molecule has 1 aromatic carbocycles. The molecule has 3 rings (SSSR count). The molecule has 0 saturated heterocycles. The summed E-state index contributed by atoms with van der Waals surface area (Å²) in [6.45, 7) is 5.59. The molecule has 0 bridgehead atoms. The number of rotatable bonds is 4. The molecule has 0 aliphatic carbocycles. The van der Waals surface area contributed by atoms with Gasteiger partial charge in [0.25, 0.3) is 5.78 Å². The van der Waals surface area contributed by atoms with Crippen molar-refractivity contribution in [2.45, 2.75) is 39.8 Å². The maximum absolute atomic E-state index is 12.2. The Kier molecular flexibility index (Phi) is 7.03. The average Bonchev–Trinajstić information content (AvgIpc) is 3.01. The Hall–Kier alpha value is -2.59. The summed E-state index contributed by atoms with van der Waals surface area (Å²) in [5.41, 5.74) is 1.43. The van der Waals surface area contributed by atoms with Gasteiger partial charge < -0.3 is 15.2 Å². The largest absolute Gasteiger partial charge is 0.573 e. The van der Waals surface area contributed by atoms with Gasteiger partial charge in [0.1, 0.15) is 17.9 Å². The summed E-state index contributed by atoms with van der Waals surface area (Å²) in [6.07, 6.45) is -3.57. The van der Waals surface area contributed by atoms with Crippen molar-refractivity contribution in [3.8, 4) is 5.75 Å². The first kappa shape index (κ1) is 21.7. The molecule has 7 nitrogen and oxygen atoms in total. The molecule has 2 heterocycles. The predicted molar refractivity (Wildman–Crippen MR) is 98.3 cm³/mol. The fraction of sp³-hybridized carbons (Fsp3) is 0.353. The van der Waals surface area contributed by atoms with E-state index >= 15 is 0 Å². The minimum atomic E-state index is -4.78. The third-order valence-corrected chi connectivity index (χ3v) is 3.37. The summed E-state index contributed by atoms with van der Waals surface area (Å²) < 4.78 is 42.1. The van der Waals surface area contributed by atoms with E-state index in [1.54, 1.807) is 19.9 Å². The van der Waals surface area contributed by atoms with Gasteiger partial charge in [-0.15, -0.1) is 13.2 Å².